The number of carbonyl (C=O) groups excluding carboxylic acids is 2. The topological polar surface area (TPSA) is 55.2 Å². The van der Waals surface area contributed by atoms with Gasteiger partial charge in [0.25, 0.3) is 5.91 Å². The Labute approximate surface area is 174 Å². The number of allylic oxidation sites excluding steroid dienone is 1. The molecule has 148 valence electrons. The van der Waals surface area contributed by atoms with Gasteiger partial charge in [-0.1, -0.05) is 62.4 Å². The van der Waals surface area contributed by atoms with Crippen LogP contribution in [-0.2, 0) is 4.79 Å². The van der Waals surface area contributed by atoms with Crippen molar-refractivity contribution in [1.82, 2.24) is 9.78 Å². The number of hydrogen-bond acceptors (Lipinski definition) is 3. The van der Waals surface area contributed by atoms with E-state index in [1.54, 1.807) is 4.90 Å². The summed E-state index contributed by atoms with van der Waals surface area (Å²) in [5.41, 5.74) is 4.89. The Morgan fingerprint density at radius 2 is 1.70 bits per heavy atom. The lowest BCUT2D eigenvalue weighted by Gasteiger charge is -2.40. The minimum atomic E-state index is -0.361. The molecule has 5 nitrogen and oxygen atoms in total. The second-order valence-electron chi connectivity index (χ2n) is 9.13. The Balaban J connectivity index is 1.64. The van der Waals surface area contributed by atoms with Crippen LogP contribution >= 0.6 is 0 Å². The van der Waals surface area contributed by atoms with Crippen molar-refractivity contribution < 1.29 is 9.59 Å². The minimum absolute atomic E-state index is 0.0689. The minimum Gasteiger partial charge on any atom is -0.294 e. The lowest BCUT2D eigenvalue weighted by Crippen LogP contribution is -2.40. The van der Waals surface area contributed by atoms with Crippen molar-refractivity contribution >= 4 is 23.2 Å². The SMILES string of the molecule is CC1(C)CC(=O)C2=C(C1)n1nc(-c3ccccc3)cc1N1C(=O)c3ccccc3C21. The molecule has 1 amide bonds. The van der Waals surface area contributed by atoms with Gasteiger partial charge in [-0.15, -0.1) is 0 Å². The van der Waals surface area contributed by atoms with E-state index in [9.17, 15) is 9.59 Å². The van der Waals surface area contributed by atoms with E-state index in [1.165, 1.54) is 0 Å². The fraction of sp³-hybridized carbons (Fsp3) is 0.240. The molecule has 2 aromatic carbocycles. The standard InChI is InChI=1S/C25H21N3O2/c1-25(2)13-19-22(20(29)14-25)23-16-10-6-7-11-17(16)24(30)27(23)21-12-18(26-28(19)21)15-8-4-3-5-9-15/h3-12,23H,13-14H2,1-2H3. The van der Waals surface area contributed by atoms with E-state index in [0.29, 0.717) is 12.0 Å². The lowest BCUT2D eigenvalue weighted by atomic mass is 9.73. The van der Waals surface area contributed by atoms with Crippen LogP contribution in [0.25, 0.3) is 17.0 Å². The maximum Gasteiger partial charge on any atom is 0.260 e. The average Bonchev–Trinajstić information content (AvgIpc) is 3.29. The molecule has 3 aliphatic rings. The number of nitrogens with zero attached hydrogens (tertiary/aromatic N) is 3. The molecule has 0 saturated heterocycles. The zero-order valence-electron chi connectivity index (χ0n) is 16.9. The van der Waals surface area contributed by atoms with Crippen LogP contribution in [0.2, 0.25) is 0 Å². The molecule has 2 aliphatic heterocycles. The molecule has 1 atom stereocenters. The zero-order valence-corrected chi connectivity index (χ0v) is 16.9. The summed E-state index contributed by atoms with van der Waals surface area (Å²) in [6.07, 6.45) is 1.23. The van der Waals surface area contributed by atoms with Crippen molar-refractivity contribution in [3.63, 3.8) is 0 Å². The van der Waals surface area contributed by atoms with Crippen LogP contribution in [0, 0.1) is 5.41 Å². The number of amides is 1. The Morgan fingerprint density at radius 1 is 0.967 bits per heavy atom. The van der Waals surface area contributed by atoms with Crippen LogP contribution in [0.3, 0.4) is 0 Å². The highest BCUT2D eigenvalue weighted by Crippen LogP contribution is 2.53. The van der Waals surface area contributed by atoms with E-state index >= 15 is 0 Å². The third-order valence-electron chi connectivity index (χ3n) is 6.40. The van der Waals surface area contributed by atoms with Crippen molar-refractivity contribution in [3.8, 4) is 11.3 Å². The van der Waals surface area contributed by atoms with Crippen LogP contribution in [0.15, 0.2) is 66.2 Å². The van der Waals surface area contributed by atoms with Gasteiger partial charge >= 0.3 is 0 Å². The predicted octanol–water partition coefficient (Wildman–Crippen LogP) is 4.87. The van der Waals surface area contributed by atoms with Crippen LogP contribution in [0.1, 0.15) is 48.7 Å². The summed E-state index contributed by atoms with van der Waals surface area (Å²) < 4.78 is 1.84. The van der Waals surface area contributed by atoms with E-state index < -0.39 is 0 Å². The number of carbonyl (C=O) groups is 2. The van der Waals surface area contributed by atoms with Gasteiger partial charge in [-0.25, -0.2) is 4.68 Å². The maximum absolute atomic E-state index is 13.4. The smallest absolute Gasteiger partial charge is 0.260 e. The summed E-state index contributed by atoms with van der Waals surface area (Å²) in [6.45, 7) is 4.24. The summed E-state index contributed by atoms with van der Waals surface area (Å²) in [6, 6.07) is 19.2. The number of ketones is 1. The highest BCUT2D eigenvalue weighted by molar-refractivity contribution is 6.16. The van der Waals surface area contributed by atoms with Crippen LogP contribution < -0.4 is 4.90 Å². The molecule has 5 heteroatoms. The maximum atomic E-state index is 13.4. The highest BCUT2D eigenvalue weighted by Gasteiger charge is 2.50. The second-order valence-corrected chi connectivity index (χ2v) is 9.13. The quantitative estimate of drug-likeness (QED) is 0.591. The fourth-order valence-corrected chi connectivity index (χ4v) is 5.13. The molecule has 1 aliphatic carbocycles. The fourth-order valence-electron chi connectivity index (χ4n) is 5.13. The molecular weight excluding hydrogens is 374 g/mol. The van der Waals surface area contributed by atoms with Gasteiger partial charge in [0.2, 0.25) is 0 Å². The summed E-state index contributed by atoms with van der Waals surface area (Å²) in [5.74, 6) is 0.785. The molecule has 1 aromatic heterocycles. The first-order chi connectivity index (χ1) is 14.4. The molecule has 1 unspecified atom stereocenters. The van der Waals surface area contributed by atoms with Crippen molar-refractivity contribution in [1.29, 1.82) is 0 Å². The van der Waals surface area contributed by atoms with Gasteiger partial charge < -0.3 is 0 Å². The molecule has 0 radical (unpaired) electrons. The molecule has 3 aromatic rings. The van der Waals surface area contributed by atoms with Crippen LogP contribution in [0.4, 0.5) is 5.82 Å². The van der Waals surface area contributed by atoms with Gasteiger partial charge in [0.05, 0.1) is 17.4 Å². The largest absolute Gasteiger partial charge is 0.294 e. The number of fused-ring (bicyclic) bond motifs is 7. The monoisotopic (exact) mass is 395 g/mol. The van der Waals surface area contributed by atoms with E-state index in [-0.39, 0.29) is 23.1 Å². The van der Waals surface area contributed by atoms with Gasteiger partial charge in [0.15, 0.2) is 5.78 Å². The number of hydrogen-bond donors (Lipinski definition) is 0. The first kappa shape index (κ1) is 17.4. The number of Topliss-reactive ketones (excluding diaryl/α,β-unsaturated/α-hetero) is 1. The molecule has 6 rings (SSSR count). The molecular formula is C25H21N3O2. The van der Waals surface area contributed by atoms with Gasteiger partial charge in [-0.2, -0.15) is 5.10 Å². The summed E-state index contributed by atoms with van der Waals surface area (Å²) in [4.78, 5) is 28.5. The average molecular weight is 395 g/mol. The van der Waals surface area contributed by atoms with E-state index in [1.807, 2.05) is 65.3 Å². The number of rotatable bonds is 1. The van der Waals surface area contributed by atoms with E-state index in [0.717, 1.165) is 40.3 Å². The molecule has 0 saturated carbocycles. The number of aromatic nitrogens is 2. The molecule has 0 bridgehead atoms. The van der Waals surface area contributed by atoms with Crippen molar-refractivity contribution in [2.24, 2.45) is 5.41 Å². The first-order valence-corrected chi connectivity index (χ1v) is 10.3. The Hall–Kier alpha value is -3.47. The highest BCUT2D eigenvalue weighted by atomic mass is 16.2. The van der Waals surface area contributed by atoms with Crippen LogP contribution in [-0.4, -0.2) is 21.5 Å². The molecule has 0 spiro atoms. The third kappa shape index (κ3) is 2.26. The number of anilines is 1. The molecule has 3 heterocycles. The Morgan fingerprint density at radius 3 is 2.50 bits per heavy atom. The second kappa shape index (κ2) is 5.79. The summed E-state index contributed by atoms with van der Waals surface area (Å²) in [7, 11) is 0. The molecule has 30 heavy (non-hydrogen) atoms. The van der Waals surface area contributed by atoms with Gasteiger partial charge in [-0.3, -0.25) is 14.5 Å². The predicted molar refractivity (Wildman–Crippen MR) is 115 cm³/mol. The first-order valence-electron chi connectivity index (χ1n) is 10.3. The van der Waals surface area contributed by atoms with Gasteiger partial charge in [0, 0.05) is 29.2 Å². The van der Waals surface area contributed by atoms with Crippen molar-refractivity contribution in [2.45, 2.75) is 32.7 Å². The lowest BCUT2D eigenvalue weighted by molar-refractivity contribution is -0.118. The van der Waals surface area contributed by atoms with E-state index in [4.69, 9.17) is 5.10 Å². The molecule has 0 N–H and O–H groups in total. The normalized spacial score (nSPS) is 21.3. The zero-order chi connectivity index (χ0) is 20.6. The Kier molecular flexibility index (Phi) is 3.35. The third-order valence-corrected chi connectivity index (χ3v) is 6.40. The van der Waals surface area contributed by atoms with Crippen LogP contribution in [0.5, 0.6) is 0 Å². The Bertz CT molecular complexity index is 1270. The number of benzene rings is 2. The van der Waals surface area contributed by atoms with Crippen molar-refractivity contribution in [2.75, 3.05) is 4.90 Å². The summed E-state index contributed by atoms with van der Waals surface area (Å²) in [5, 5.41) is 4.88. The van der Waals surface area contributed by atoms with Gasteiger partial charge in [-0.05, 0) is 23.5 Å². The van der Waals surface area contributed by atoms with E-state index in [2.05, 4.69) is 13.8 Å². The molecule has 0 fully saturated rings. The van der Waals surface area contributed by atoms with Gasteiger partial charge in [0.1, 0.15) is 5.82 Å². The summed E-state index contributed by atoms with van der Waals surface area (Å²) >= 11 is 0. The van der Waals surface area contributed by atoms with Crippen molar-refractivity contribution in [3.05, 3.63) is 77.4 Å².